The third kappa shape index (κ3) is 6.32. The van der Waals surface area contributed by atoms with Gasteiger partial charge in [-0.2, -0.15) is 0 Å². The molecule has 0 spiro atoms. The lowest BCUT2D eigenvalue weighted by Crippen LogP contribution is -1.95. The minimum absolute atomic E-state index is 0.936. The van der Waals surface area contributed by atoms with E-state index in [2.05, 4.69) is 258 Å². The Labute approximate surface area is 382 Å². The maximum Gasteiger partial charge on any atom is 0.0716 e. The predicted octanol–water partition coefficient (Wildman–Crippen LogP) is 16.8. The van der Waals surface area contributed by atoms with Gasteiger partial charge in [-0.1, -0.05) is 176 Å². The highest BCUT2D eigenvalue weighted by atomic mass is 15.0. The molecule has 0 atom stereocenters. The summed E-state index contributed by atoms with van der Waals surface area (Å²) in [4.78, 5) is 5.41. The molecule has 0 aliphatic carbocycles. The molecule has 0 unspecified atom stereocenters. The van der Waals surface area contributed by atoms with E-state index in [1.807, 2.05) is 0 Å². The van der Waals surface area contributed by atoms with Gasteiger partial charge in [0.25, 0.3) is 0 Å². The average molecular weight is 840 g/mol. The molecule has 13 rings (SSSR count). The van der Waals surface area contributed by atoms with E-state index in [4.69, 9.17) is 4.98 Å². The van der Waals surface area contributed by atoms with Crippen molar-refractivity contribution in [2.75, 3.05) is 0 Å². The molecule has 0 aliphatic heterocycles. The summed E-state index contributed by atoms with van der Waals surface area (Å²) in [6.07, 6.45) is 0. The largest absolute Gasteiger partial charge is 0.309 e. The molecule has 0 N–H and O–H groups in total. The van der Waals surface area contributed by atoms with Crippen LogP contribution in [0.4, 0.5) is 0 Å². The van der Waals surface area contributed by atoms with Crippen molar-refractivity contribution >= 4 is 54.5 Å². The summed E-state index contributed by atoms with van der Waals surface area (Å²) in [5.74, 6) is 0. The normalized spacial score (nSPS) is 11.6. The molecule has 0 fully saturated rings. The third-order valence-corrected chi connectivity index (χ3v) is 13.3. The third-order valence-electron chi connectivity index (χ3n) is 13.3. The first-order valence-corrected chi connectivity index (χ1v) is 22.6. The van der Waals surface area contributed by atoms with Crippen molar-refractivity contribution in [1.29, 1.82) is 0 Å². The van der Waals surface area contributed by atoms with Gasteiger partial charge in [0.15, 0.2) is 0 Å². The Balaban J connectivity index is 0.930. The smallest absolute Gasteiger partial charge is 0.0716 e. The van der Waals surface area contributed by atoms with E-state index in [0.29, 0.717) is 0 Å². The Hall–Kier alpha value is -8.79. The van der Waals surface area contributed by atoms with Gasteiger partial charge in [-0.3, -0.25) is 0 Å². The van der Waals surface area contributed by atoms with E-state index in [9.17, 15) is 0 Å². The van der Waals surface area contributed by atoms with Crippen LogP contribution in [0.25, 0.3) is 122 Å². The molecule has 3 aromatic heterocycles. The molecule has 0 aliphatic rings. The molecule has 0 saturated carbocycles. The van der Waals surface area contributed by atoms with Gasteiger partial charge >= 0.3 is 0 Å². The average Bonchev–Trinajstić information content (AvgIpc) is 3.92. The van der Waals surface area contributed by atoms with E-state index in [0.717, 1.165) is 66.9 Å². The summed E-state index contributed by atoms with van der Waals surface area (Å²) in [6.45, 7) is 0. The van der Waals surface area contributed by atoms with Crippen LogP contribution in [-0.4, -0.2) is 14.1 Å². The van der Waals surface area contributed by atoms with Crippen molar-refractivity contribution in [2.24, 2.45) is 0 Å². The lowest BCUT2D eigenvalue weighted by atomic mass is 9.93. The molecule has 3 nitrogen and oxygen atoms in total. The van der Waals surface area contributed by atoms with Gasteiger partial charge in [0.1, 0.15) is 0 Å². The van der Waals surface area contributed by atoms with Crippen LogP contribution in [-0.2, 0) is 0 Å². The molecule has 66 heavy (non-hydrogen) atoms. The van der Waals surface area contributed by atoms with Crippen molar-refractivity contribution in [3.05, 3.63) is 249 Å². The van der Waals surface area contributed by atoms with Crippen molar-refractivity contribution in [1.82, 2.24) is 14.1 Å². The quantitative estimate of drug-likeness (QED) is 0.157. The van der Waals surface area contributed by atoms with Crippen LogP contribution >= 0.6 is 0 Å². The van der Waals surface area contributed by atoms with Gasteiger partial charge in [0.2, 0.25) is 0 Å². The van der Waals surface area contributed by atoms with Gasteiger partial charge in [-0.25, -0.2) is 4.98 Å². The Bertz CT molecular complexity index is 3880. The van der Waals surface area contributed by atoms with E-state index in [1.165, 1.54) is 54.7 Å². The summed E-state index contributed by atoms with van der Waals surface area (Å²) < 4.78 is 4.77. The number of hydrogen-bond donors (Lipinski definition) is 0. The SMILES string of the molecule is c1ccc(-c2ccc(-c3cc(-c4cccc(-c5cccc(-n6c7ccccc7c7ccccc76)c5)c4)nc4ccc(-c5cccc(-n6c7ccccc7c7ccccc76)c5)cc34)cc2)cc1. The topological polar surface area (TPSA) is 22.8 Å². The highest BCUT2D eigenvalue weighted by molar-refractivity contribution is 6.10. The summed E-state index contributed by atoms with van der Waals surface area (Å²) in [6, 6.07) is 90.0. The molecular weight excluding hydrogens is 799 g/mol. The van der Waals surface area contributed by atoms with Gasteiger partial charge in [-0.15, -0.1) is 0 Å². The summed E-state index contributed by atoms with van der Waals surface area (Å²) in [7, 11) is 0. The fraction of sp³-hybridized carbons (Fsp3) is 0. The lowest BCUT2D eigenvalue weighted by molar-refractivity contribution is 1.18. The number of aromatic nitrogens is 3. The van der Waals surface area contributed by atoms with Crippen molar-refractivity contribution in [3.63, 3.8) is 0 Å². The van der Waals surface area contributed by atoms with Gasteiger partial charge in [0, 0.05) is 43.9 Å². The zero-order valence-electron chi connectivity index (χ0n) is 36.0. The van der Waals surface area contributed by atoms with Crippen LogP contribution in [0.3, 0.4) is 0 Å². The first kappa shape index (κ1) is 37.7. The van der Waals surface area contributed by atoms with E-state index < -0.39 is 0 Å². The van der Waals surface area contributed by atoms with Crippen LogP contribution in [0, 0.1) is 0 Å². The number of hydrogen-bond acceptors (Lipinski definition) is 1. The van der Waals surface area contributed by atoms with Crippen molar-refractivity contribution < 1.29 is 0 Å². The maximum absolute atomic E-state index is 5.41. The van der Waals surface area contributed by atoms with Crippen LogP contribution in [0.2, 0.25) is 0 Å². The number of benzene rings is 10. The highest BCUT2D eigenvalue weighted by Crippen LogP contribution is 2.39. The molecule has 0 amide bonds. The molecule has 0 bridgehead atoms. The molecule has 13 aromatic rings. The molecule has 10 aromatic carbocycles. The van der Waals surface area contributed by atoms with E-state index in [-0.39, 0.29) is 0 Å². The van der Waals surface area contributed by atoms with Crippen LogP contribution < -0.4 is 0 Å². The molecule has 3 heteroatoms. The summed E-state index contributed by atoms with van der Waals surface area (Å²) >= 11 is 0. The van der Waals surface area contributed by atoms with Crippen molar-refractivity contribution in [2.45, 2.75) is 0 Å². The van der Waals surface area contributed by atoms with Crippen LogP contribution in [0.1, 0.15) is 0 Å². The second-order valence-electron chi connectivity index (χ2n) is 17.2. The van der Waals surface area contributed by atoms with Crippen molar-refractivity contribution in [3.8, 4) is 67.1 Å². The first-order chi connectivity index (χ1) is 32.7. The van der Waals surface area contributed by atoms with Gasteiger partial charge in [-0.05, 0) is 117 Å². The molecule has 3 heterocycles. The lowest BCUT2D eigenvalue weighted by Gasteiger charge is -2.15. The fourth-order valence-electron chi connectivity index (χ4n) is 10.2. The zero-order valence-corrected chi connectivity index (χ0v) is 36.0. The van der Waals surface area contributed by atoms with Crippen LogP contribution in [0.5, 0.6) is 0 Å². The monoisotopic (exact) mass is 839 g/mol. The molecular formula is C63H41N3. The molecule has 308 valence electrons. The first-order valence-electron chi connectivity index (χ1n) is 22.6. The Morgan fingerprint density at radius 3 is 1.18 bits per heavy atom. The Kier molecular flexibility index (Phi) is 8.85. The predicted molar refractivity (Wildman–Crippen MR) is 278 cm³/mol. The maximum atomic E-state index is 5.41. The minimum Gasteiger partial charge on any atom is -0.309 e. The number of pyridine rings is 1. The zero-order chi connectivity index (χ0) is 43.6. The van der Waals surface area contributed by atoms with E-state index >= 15 is 0 Å². The summed E-state index contributed by atoms with van der Waals surface area (Å²) in [5.41, 5.74) is 19.3. The fourth-order valence-corrected chi connectivity index (χ4v) is 10.2. The Morgan fingerprint density at radius 1 is 0.242 bits per heavy atom. The molecule has 0 radical (unpaired) electrons. The number of nitrogens with zero attached hydrogens (tertiary/aromatic N) is 3. The summed E-state index contributed by atoms with van der Waals surface area (Å²) in [5, 5.41) is 6.14. The standard InChI is InChI=1S/C63H41N3/c1-2-15-42(16-3-1)43-31-33-44(34-32-43)56-41-59(49-20-12-17-45(37-49)46-18-13-21-50(38-46)65-60-27-8-4-23-52(60)53-24-5-9-28-61(53)65)64-58-36-35-48(40-57(56)58)47-19-14-22-51(39-47)66-62-29-10-6-25-54(62)55-26-7-11-30-63(55)66/h1-41H. The second kappa shape index (κ2) is 15.5. The second-order valence-corrected chi connectivity index (χ2v) is 17.2. The van der Waals surface area contributed by atoms with Crippen LogP contribution in [0.15, 0.2) is 249 Å². The minimum atomic E-state index is 0.936. The van der Waals surface area contributed by atoms with Gasteiger partial charge < -0.3 is 9.13 Å². The van der Waals surface area contributed by atoms with E-state index in [1.54, 1.807) is 0 Å². The molecule has 0 saturated heterocycles. The highest BCUT2D eigenvalue weighted by Gasteiger charge is 2.17. The Morgan fingerprint density at radius 2 is 0.636 bits per heavy atom. The number of para-hydroxylation sites is 4. The number of rotatable bonds is 7. The van der Waals surface area contributed by atoms with Gasteiger partial charge in [0.05, 0.1) is 33.3 Å². The number of fused-ring (bicyclic) bond motifs is 7.